The van der Waals surface area contributed by atoms with Gasteiger partial charge in [-0.05, 0) is 12.8 Å². The average molecular weight is 241 g/mol. The number of nitrogens with zero attached hydrogens (tertiary/aromatic N) is 2. The first-order valence-corrected chi connectivity index (χ1v) is 6.05. The van der Waals surface area contributed by atoms with E-state index in [1.165, 1.54) is 19.3 Å². The maximum absolute atomic E-state index is 11.3. The molecule has 0 amide bonds. The number of ether oxygens (including phenoxy) is 1. The van der Waals surface area contributed by atoms with Crippen LogP contribution in [-0.2, 0) is 0 Å². The van der Waals surface area contributed by atoms with Gasteiger partial charge in [0.2, 0.25) is 0 Å². The zero-order valence-electron chi connectivity index (χ0n) is 8.86. The zero-order chi connectivity index (χ0) is 11.1. The van der Waals surface area contributed by atoms with Crippen LogP contribution in [0.2, 0.25) is 5.02 Å². The third kappa shape index (κ3) is 1.52. The van der Waals surface area contributed by atoms with Crippen LogP contribution in [-0.4, -0.2) is 16.2 Å². The quantitative estimate of drug-likeness (QED) is 0.697. The van der Waals surface area contributed by atoms with Gasteiger partial charge in [-0.25, -0.2) is 0 Å². The van der Waals surface area contributed by atoms with Gasteiger partial charge in [0.15, 0.2) is 0 Å². The maximum Gasteiger partial charge on any atom is 0.300 e. The number of rotatable bonds is 0. The van der Waals surface area contributed by atoms with Crippen molar-refractivity contribution in [3.05, 3.63) is 21.6 Å². The monoisotopic (exact) mass is 240 g/mol. The molecule has 1 aliphatic carbocycles. The van der Waals surface area contributed by atoms with Crippen LogP contribution < -0.4 is 10.3 Å². The topological polar surface area (TPSA) is 44.1 Å². The Morgan fingerprint density at radius 2 is 2.25 bits per heavy atom. The SMILES string of the molecule is O=c1nc2n(cc1Cl)[C@H]1CCCC[C@H]1CO2. The van der Waals surface area contributed by atoms with Gasteiger partial charge in [0, 0.05) is 18.2 Å². The molecule has 0 bridgehead atoms. The molecule has 0 unspecified atom stereocenters. The third-order valence-electron chi connectivity index (χ3n) is 3.53. The van der Waals surface area contributed by atoms with Crippen molar-refractivity contribution in [2.45, 2.75) is 31.7 Å². The molecule has 1 aliphatic heterocycles. The number of hydrogen-bond acceptors (Lipinski definition) is 3. The highest BCUT2D eigenvalue weighted by molar-refractivity contribution is 6.30. The number of aromatic nitrogens is 2. The highest BCUT2D eigenvalue weighted by Gasteiger charge is 2.33. The van der Waals surface area contributed by atoms with E-state index in [9.17, 15) is 4.79 Å². The largest absolute Gasteiger partial charge is 0.464 e. The molecule has 0 radical (unpaired) electrons. The summed E-state index contributed by atoms with van der Waals surface area (Å²) in [4.78, 5) is 15.2. The molecule has 1 saturated carbocycles. The molecule has 0 N–H and O–H groups in total. The van der Waals surface area contributed by atoms with Crippen LogP contribution in [0.5, 0.6) is 6.01 Å². The molecule has 16 heavy (non-hydrogen) atoms. The van der Waals surface area contributed by atoms with Crippen molar-refractivity contribution >= 4 is 11.6 Å². The fourth-order valence-electron chi connectivity index (χ4n) is 2.71. The summed E-state index contributed by atoms with van der Waals surface area (Å²) < 4.78 is 7.46. The molecule has 1 aromatic rings. The van der Waals surface area contributed by atoms with Crippen molar-refractivity contribution in [3.63, 3.8) is 0 Å². The van der Waals surface area contributed by atoms with E-state index in [4.69, 9.17) is 16.3 Å². The summed E-state index contributed by atoms with van der Waals surface area (Å²) in [6.45, 7) is 0.679. The Kier molecular flexibility index (Phi) is 2.39. The van der Waals surface area contributed by atoms with Crippen molar-refractivity contribution in [3.8, 4) is 6.01 Å². The van der Waals surface area contributed by atoms with E-state index in [2.05, 4.69) is 4.98 Å². The van der Waals surface area contributed by atoms with E-state index in [1.54, 1.807) is 6.20 Å². The van der Waals surface area contributed by atoms with Crippen LogP contribution in [0.4, 0.5) is 0 Å². The lowest BCUT2D eigenvalue weighted by Gasteiger charge is -2.37. The first-order chi connectivity index (χ1) is 7.75. The van der Waals surface area contributed by atoms with Gasteiger partial charge in [-0.3, -0.25) is 9.36 Å². The highest BCUT2D eigenvalue weighted by atomic mass is 35.5. The molecule has 0 saturated heterocycles. The van der Waals surface area contributed by atoms with E-state index in [0.29, 0.717) is 24.6 Å². The van der Waals surface area contributed by atoms with E-state index < -0.39 is 5.56 Å². The molecule has 0 spiro atoms. The lowest BCUT2D eigenvalue weighted by Crippen LogP contribution is -2.35. The summed E-state index contributed by atoms with van der Waals surface area (Å²) in [7, 11) is 0. The van der Waals surface area contributed by atoms with E-state index >= 15 is 0 Å². The second-order valence-electron chi connectivity index (χ2n) is 4.51. The summed E-state index contributed by atoms with van der Waals surface area (Å²) in [6.07, 6.45) is 6.48. The van der Waals surface area contributed by atoms with Gasteiger partial charge in [0.1, 0.15) is 5.02 Å². The normalized spacial score (nSPS) is 27.8. The molecule has 1 aromatic heterocycles. The highest BCUT2D eigenvalue weighted by Crippen LogP contribution is 2.38. The van der Waals surface area contributed by atoms with Gasteiger partial charge in [0.05, 0.1) is 6.61 Å². The Morgan fingerprint density at radius 3 is 3.12 bits per heavy atom. The second-order valence-corrected chi connectivity index (χ2v) is 4.91. The minimum Gasteiger partial charge on any atom is -0.464 e. The van der Waals surface area contributed by atoms with Crippen LogP contribution in [0.1, 0.15) is 31.7 Å². The van der Waals surface area contributed by atoms with Crippen LogP contribution in [0, 0.1) is 5.92 Å². The minimum atomic E-state index is -0.401. The summed E-state index contributed by atoms with van der Waals surface area (Å²) in [6, 6.07) is 0.834. The smallest absolute Gasteiger partial charge is 0.300 e. The molecule has 3 rings (SSSR count). The van der Waals surface area contributed by atoms with Gasteiger partial charge in [-0.1, -0.05) is 24.4 Å². The maximum atomic E-state index is 11.3. The molecule has 5 heteroatoms. The van der Waals surface area contributed by atoms with E-state index in [1.807, 2.05) is 4.57 Å². The fraction of sp³-hybridized carbons (Fsp3) is 0.636. The lowest BCUT2D eigenvalue weighted by atomic mass is 9.84. The van der Waals surface area contributed by atoms with Crippen molar-refractivity contribution in [2.75, 3.05) is 6.61 Å². The van der Waals surface area contributed by atoms with Gasteiger partial charge in [-0.15, -0.1) is 0 Å². The number of hydrogen-bond donors (Lipinski definition) is 0. The molecular weight excluding hydrogens is 228 g/mol. The number of fused-ring (bicyclic) bond motifs is 3. The lowest BCUT2D eigenvalue weighted by molar-refractivity contribution is 0.0900. The molecule has 4 nitrogen and oxygen atoms in total. The summed E-state index contributed by atoms with van der Waals surface area (Å²) in [5.41, 5.74) is -0.401. The van der Waals surface area contributed by atoms with Gasteiger partial charge in [0.25, 0.3) is 11.6 Å². The Hall–Kier alpha value is -1.03. The first-order valence-electron chi connectivity index (χ1n) is 5.67. The standard InChI is InChI=1S/C11H13ClN2O2/c12-8-5-14-9-4-2-1-3-7(9)6-16-11(14)13-10(8)15/h5,7,9H,1-4,6H2/t7-,9-/m0/s1. The molecule has 1 fully saturated rings. The Balaban J connectivity index is 2.07. The van der Waals surface area contributed by atoms with Gasteiger partial charge < -0.3 is 4.74 Å². The molecular formula is C11H13ClN2O2. The predicted molar refractivity (Wildman–Crippen MR) is 60.0 cm³/mol. The molecule has 2 atom stereocenters. The summed E-state index contributed by atoms with van der Waals surface area (Å²) >= 11 is 5.83. The Morgan fingerprint density at radius 1 is 1.44 bits per heavy atom. The summed E-state index contributed by atoms with van der Waals surface area (Å²) in [5.74, 6) is 0.543. The molecule has 0 aromatic carbocycles. The van der Waals surface area contributed by atoms with Crippen LogP contribution in [0.25, 0.3) is 0 Å². The van der Waals surface area contributed by atoms with Crippen LogP contribution in [0.15, 0.2) is 11.0 Å². The predicted octanol–water partition coefficient (Wildman–Crippen LogP) is 2.02. The van der Waals surface area contributed by atoms with E-state index in [-0.39, 0.29) is 5.02 Å². The second kappa shape index (κ2) is 3.77. The fourth-order valence-corrected chi connectivity index (χ4v) is 2.85. The van der Waals surface area contributed by atoms with E-state index in [0.717, 1.165) is 6.42 Å². The van der Waals surface area contributed by atoms with Crippen molar-refractivity contribution in [1.82, 2.24) is 9.55 Å². The molecule has 2 aliphatic rings. The van der Waals surface area contributed by atoms with Gasteiger partial charge in [-0.2, -0.15) is 4.98 Å². The third-order valence-corrected chi connectivity index (χ3v) is 3.79. The number of halogens is 1. The molecule has 86 valence electrons. The van der Waals surface area contributed by atoms with Crippen LogP contribution >= 0.6 is 11.6 Å². The average Bonchev–Trinajstić information content (AvgIpc) is 2.31. The molecule has 2 heterocycles. The zero-order valence-corrected chi connectivity index (χ0v) is 9.61. The van der Waals surface area contributed by atoms with Crippen molar-refractivity contribution in [2.24, 2.45) is 5.92 Å². The first kappa shape index (κ1) is 10.1. The van der Waals surface area contributed by atoms with Gasteiger partial charge >= 0.3 is 0 Å². The van der Waals surface area contributed by atoms with Crippen LogP contribution in [0.3, 0.4) is 0 Å². The Labute approximate surface area is 98.2 Å². The van der Waals surface area contributed by atoms with Crippen molar-refractivity contribution in [1.29, 1.82) is 0 Å². The summed E-state index contributed by atoms with van der Waals surface area (Å²) in [5, 5.41) is 0.179. The van der Waals surface area contributed by atoms with Crippen molar-refractivity contribution < 1.29 is 4.74 Å². The minimum absolute atomic E-state index is 0.179. The Bertz CT molecular complexity index is 472.